The number of aliphatic carboxylic acids is 1. The topological polar surface area (TPSA) is 60.9 Å². The van der Waals surface area contributed by atoms with Gasteiger partial charge >= 0.3 is 5.97 Å². The van der Waals surface area contributed by atoms with Gasteiger partial charge in [-0.1, -0.05) is 30.3 Å². The van der Waals surface area contributed by atoms with Crippen molar-refractivity contribution < 1.29 is 14.7 Å². The number of hydrogen-bond acceptors (Lipinski definition) is 3. The molecule has 21 heavy (non-hydrogen) atoms. The molecule has 1 unspecified atom stereocenters. The minimum absolute atomic E-state index is 0.0218. The first-order valence-corrected chi connectivity index (χ1v) is 7.14. The van der Waals surface area contributed by atoms with Gasteiger partial charge in [0.05, 0.1) is 12.0 Å². The average molecular weight is 290 g/mol. The summed E-state index contributed by atoms with van der Waals surface area (Å²) < 4.78 is 0. The quantitative estimate of drug-likeness (QED) is 0.891. The molecule has 0 spiro atoms. The maximum absolute atomic E-state index is 12.2. The molecule has 1 aliphatic rings. The summed E-state index contributed by atoms with van der Waals surface area (Å²) in [5, 5.41) is 9.21. The van der Waals surface area contributed by atoms with Gasteiger partial charge in [-0.15, -0.1) is 0 Å². The molecule has 5 nitrogen and oxygen atoms in total. The maximum atomic E-state index is 12.2. The van der Waals surface area contributed by atoms with Crippen LogP contribution in [0.1, 0.15) is 18.9 Å². The molecule has 0 radical (unpaired) electrons. The molecule has 0 aromatic heterocycles. The molecule has 2 rings (SSSR count). The van der Waals surface area contributed by atoms with Crippen LogP contribution in [0.3, 0.4) is 0 Å². The molecule has 1 aromatic carbocycles. The molecule has 1 amide bonds. The van der Waals surface area contributed by atoms with Crippen LogP contribution >= 0.6 is 0 Å². The van der Waals surface area contributed by atoms with Gasteiger partial charge in [0, 0.05) is 20.1 Å². The Balaban J connectivity index is 1.86. The van der Waals surface area contributed by atoms with Crippen LogP contribution in [0.15, 0.2) is 30.3 Å². The lowest BCUT2D eigenvalue weighted by Gasteiger charge is -2.23. The third-order valence-corrected chi connectivity index (χ3v) is 4.12. The van der Waals surface area contributed by atoms with Gasteiger partial charge < -0.3 is 10.0 Å². The van der Waals surface area contributed by atoms with Crippen LogP contribution in [0.25, 0.3) is 0 Å². The second-order valence-electron chi connectivity index (χ2n) is 6.06. The molecule has 1 saturated heterocycles. The van der Waals surface area contributed by atoms with E-state index in [9.17, 15) is 14.7 Å². The van der Waals surface area contributed by atoms with Gasteiger partial charge in [-0.2, -0.15) is 0 Å². The number of carbonyl (C=O) groups is 2. The van der Waals surface area contributed by atoms with Crippen molar-refractivity contribution in [1.29, 1.82) is 0 Å². The van der Waals surface area contributed by atoms with Gasteiger partial charge in [0.15, 0.2) is 0 Å². The van der Waals surface area contributed by atoms with Crippen molar-refractivity contribution >= 4 is 11.9 Å². The SMILES string of the molecule is CN(Cc1ccccc1)C(=O)CN1CCC(C)(C(=O)O)C1. The van der Waals surface area contributed by atoms with Gasteiger partial charge in [0.25, 0.3) is 0 Å². The number of nitrogens with zero attached hydrogens (tertiary/aromatic N) is 2. The van der Waals surface area contributed by atoms with E-state index in [0.717, 1.165) is 5.56 Å². The van der Waals surface area contributed by atoms with Gasteiger partial charge in [-0.25, -0.2) is 0 Å². The van der Waals surface area contributed by atoms with E-state index < -0.39 is 11.4 Å². The average Bonchev–Trinajstić information content (AvgIpc) is 2.82. The summed E-state index contributed by atoms with van der Waals surface area (Å²) in [4.78, 5) is 27.0. The normalized spacial score (nSPS) is 22.2. The summed E-state index contributed by atoms with van der Waals surface area (Å²) in [5.74, 6) is -0.761. The van der Waals surface area contributed by atoms with Crippen LogP contribution in [-0.2, 0) is 16.1 Å². The number of hydrogen-bond donors (Lipinski definition) is 1. The zero-order valence-electron chi connectivity index (χ0n) is 12.6. The standard InChI is InChI=1S/C16H22N2O3/c1-16(15(20)21)8-9-18(12-16)11-14(19)17(2)10-13-6-4-3-5-7-13/h3-7H,8-12H2,1-2H3,(H,20,21). The van der Waals surface area contributed by atoms with Crippen LogP contribution in [-0.4, -0.2) is 53.5 Å². The number of likely N-dealkylation sites (tertiary alicyclic amines) is 1. The predicted octanol–water partition coefficient (Wildman–Crippen LogP) is 1.44. The molecular formula is C16H22N2O3. The van der Waals surface area contributed by atoms with E-state index in [-0.39, 0.29) is 12.5 Å². The number of likely N-dealkylation sites (N-methyl/N-ethyl adjacent to an activating group) is 1. The molecule has 0 aliphatic carbocycles. The van der Waals surface area contributed by atoms with Gasteiger partial charge in [0.1, 0.15) is 0 Å². The van der Waals surface area contributed by atoms with E-state index in [1.54, 1.807) is 18.9 Å². The van der Waals surface area contributed by atoms with Crippen molar-refractivity contribution in [1.82, 2.24) is 9.80 Å². The number of carboxylic acids is 1. The van der Waals surface area contributed by atoms with Crippen LogP contribution in [0.5, 0.6) is 0 Å². The highest BCUT2D eigenvalue weighted by atomic mass is 16.4. The lowest BCUT2D eigenvalue weighted by Crippen LogP contribution is -2.39. The van der Waals surface area contributed by atoms with Gasteiger partial charge in [-0.3, -0.25) is 14.5 Å². The summed E-state index contributed by atoms with van der Waals surface area (Å²) >= 11 is 0. The molecule has 1 N–H and O–H groups in total. The Morgan fingerprint density at radius 3 is 2.57 bits per heavy atom. The Bertz CT molecular complexity index is 518. The fourth-order valence-corrected chi connectivity index (χ4v) is 2.62. The first-order valence-electron chi connectivity index (χ1n) is 7.14. The van der Waals surface area contributed by atoms with Crippen LogP contribution < -0.4 is 0 Å². The lowest BCUT2D eigenvalue weighted by molar-refractivity contribution is -0.147. The van der Waals surface area contributed by atoms with Crippen molar-refractivity contribution in [2.75, 3.05) is 26.7 Å². The monoisotopic (exact) mass is 290 g/mol. The predicted molar refractivity (Wildman–Crippen MR) is 79.7 cm³/mol. The van der Waals surface area contributed by atoms with E-state index in [4.69, 9.17) is 0 Å². The number of rotatable bonds is 5. The lowest BCUT2D eigenvalue weighted by atomic mass is 9.90. The number of benzene rings is 1. The Morgan fingerprint density at radius 2 is 2.00 bits per heavy atom. The van der Waals surface area contributed by atoms with Gasteiger partial charge in [0.2, 0.25) is 5.91 Å². The summed E-state index contributed by atoms with van der Waals surface area (Å²) in [6.45, 7) is 3.70. The third-order valence-electron chi connectivity index (χ3n) is 4.12. The van der Waals surface area contributed by atoms with E-state index >= 15 is 0 Å². The molecule has 0 saturated carbocycles. The minimum Gasteiger partial charge on any atom is -0.481 e. The highest BCUT2D eigenvalue weighted by Gasteiger charge is 2.40. The molecule has 114 valence electrons. The second kappa shape index (κ2) is 6.26. The maximum Gasteiger partial charge on any atom is 0.310 e. The summed E-state index contributed by atoms with van der Waals surface area (Å²) in [6.07, 6.45) is 0.595. The Kier molecular flexibility index (Phi) is 4.63. The molecule has 1 atom stereocenters. The van der Waals surface area contributed by atoms with Crippen LogP contribution in [0.2, 0.25) is 0 Å². The molecule has 1 aromatic rings. The summed E-state index contributed by atoms with van der Waals surface area (Å²) in [7, 11) is 1.78. The van der Waals surface area contributed by atoms with Crippen molar-refractivity contribution in [2.24, 2.45) is 5.41 Å². The molecule has 0 bridgehead atoms. The molecule has 1 fully saturated rings. The van der Waals surface area contributed by atoms with Crippen molar-refractivity contribution in [3.63, 3.8) is 0 Å². The van der Waals surface area contributed by atoms with Crippen LogP contribution in [0, 0.1) is 5.41 Å². The fourth-order valence-electron chi connectivity index (χ4n) is 2.62. The smallest absolute Gasteiger partial charge is 0.310 e. The molecule has 1 aliphatic heterocycles. The van der Waals surface area contributed by atoms with Crippen molar-refractivity contribution in [3.8, 4) is 0 Å². The Morgan fingerprint density at radius 1 is 1.33 bits per heavy atom. The summed E-state index contributed by atoms with van der Waals surface area (Å²) in [6, 6.07) is 9.82. The molecule has 5 heteroatoms. The number of amides is 1. The Labute approximate surface area is 125 Å². The van der Waals surface area contributed by atoms with E-state index in [1.807, 2.05) is 35.2 Å². The number of carboxylic acid groups (broad SMARTS) is 1. The Hall–Kier alpha value is -1.88. The first-order chi connectivity index (χ1) is 9.90. The van der Waals surface area contributed by atoms with E-state index in [1.165, 1.54) is 0 Å². The van der Waals surface area contributed by atoms with Crippen LogP contribution in [0.4, 0.5) is 0 Å². The van der Waals surface area contributed by atoms with Crippen molar-refractivity contribution in [3.05, 3.63) is 35.9 Å². The highest BCUT2D eigenvalue weighted by Crippen LogP contribution is 2.29. The number of carbonyl (C=O) groups excluding carboxylic acids is 1. The zero-order valence-corrected chi connectivity index (χ0v) is 12.6. The molecule has 1 heterocycles. The van der Waals surface area contributed by atoms with Crippen molar-refractivity contribution in [2.45, 2.75) is 19.9 Å². The minimum atomic E-state index is -0.782. The largest absolute Gasteiger partial charge is 0.481 e. The zero-order chi connectivity index (χ0) is 15.5. The van der Waals surface area contributed by atoms with Gasteiger partial charge in [-0.05, 0) is 25.5 Å². The van der Waals surface area contributed by atoms with E-state index in [2.05, 4.69) is 0 Å². The fraction of sp³-hybridized carbons (Fsp3) is 0.500. The summed E-state index contributed by atoms with van der Waals surface area (Å²) in [5.41, 5.74) is 0.364. The third kappa shape index (κ3) is 3.82. The highest BCUT2D eigenvalue weighted by molar-refractivity contribution is 5.79. The second-order valence-corrected chi connectivity index (χ2v) is 6.06. The van der Waals surface area contributed by atoms with E-state index in [0.29, 0.717) is 26.1 Å². The first kappa shape index (κ1) is 15.5. The molecular weight excluding hydrogens is 268 g/mol.